The fraction of sp³-hybridized carbons (Fsp3) is 0.600. The van der Waals surface area contributed by atoms with Gasteiger partial charge in [-0.15, -0.1) is 0 Å². The third-order valence-electron chi connectivity index (χ3n) is 2.36. The molecular weight excluding hydrogens is 226 g/mol. The number of nitrogens with one attached hydrogen (secondary N) is 1. The number of carbonyl (C=O) groups excluding carboxylic acids is 1. The van der Waals surface area contributed by atoms with Crippen LogP contribution < -0.4 is 10.2 Å². The predicted molar refractivity (Wildman–Crippen MR) is 64.2 cm³/mol. The molecule has 6 heteroatoms. The van der Waals surface area contributed by atoms with Crippen molar-refractivity contribution in [1.29, 1.82) is 0 Å². The van der Waals surface area contributed by atoms with Crippen LogP contribution in [-0.2, 0) is 9.53 Å². The van der Waals surface area contributed by atoms with Crippen LogP contribution in [0.1, 0.15) is 11.8 Å². The second kappa shape index (κ2) is 4.80. The minimum Gasteiger partial charge on any atom is -0.378 e. The summed E-state index contributed by atoms with van der Waals surface area (Å²) in [6.45, 7) is 6.68. The summed E-state index contributed by atoms with van der Waals surface area (Å²) in [6, 6.07) is 0. The van der Waals surface area contributed by atoms with Crippen LogP contribution in [0.2, 0.25) is 0 Å². The van der Waals surface area contributed by atoms with Gasteiger partial charge < -0.3 is 15.0 Å². The van der Waals surface area contributed by atoms with Crippen LogP contribution in [0.4, 0.5) is 10.9 Å². The summed E-state index contributed by atoms with van der Waals surface area (Å²) in [5.41, 5.74) is 0. The minimum atomic E-state index is -0.0815. The summed E-state index contributed by atoms with van der Waals surface area (Å²) < 4.78 is 5.29. The van der Waals surface area contributed by atoms with Crippen LogP contribution in [-0.4, -0.2) is 37.2 Å². The van der Waals surface area contributed by atoms with Gasteiger partial charge in [0, 0.05) is 24.9 Å². The van der Waals surface area contributed by atoms with Gasteiger partial charge in [0.15, 0.2) is 5.13 Å². The molecule has 0 aliphatic carbocycles. The van der Waals surface area contributed by atoms with E-state index in [1.54, 1.807) is 11.3 Å². The van der Waals surface area contributed by atoms with Crippen LogP contribution in [0.15, 0.2) is 0 Å². The van der Waals surface area contributed by atoms with Crippen molar-refractivity contribution in [2.24, 2.45) is 0 Å². The van der Waals surface area contributed by atoms with Crippen molar-refractivity contribution < 1.29 is 9.53 Å². The average Bonchev–Trinajstić information content (AvgIpc) is 2.61. The minimum absolute atomic E-state index is 0.0815. The molecule has 1 saturated heterocycles. The molecule has 1 fully saturated rings. The van der Waals surface area contributed by atoms with Gasteiger partial charge in [0.05, 0.1) is 13.2 Å². The van der Waals surface area contributed by atoms with Gasteiger partial charge in [-0.2, -0.15) is 0 Å². The Hall–Kier alpha value is -1.14. The van der Waals surface area contributed by atoms with Crippen molar-refractivity contribution in [2.45, 2.75) is 13.8 Å². The summed E-state index contributed by atoms with van der Waals surface area (Å²) >= 11 is 1.61. The Bertz CT molecular complexity index is 385. The Morgan fingerprint density at radius 3 is 2.81 bits per heavy atom. The van der Waals surface area contributed by atoms with Crippen molar-refractivity contribution in [1.82, 2.24) is 4.98 Å². The summed E-state index contributed by atoms with van der Waals surface area (Å²) in [4.78, 5) is 18.6. The normalized spacial score (nSPS) is 16.2. The maximum Gasteiger partial charge on any atom is 0.222 e. The first-order valence-electron chi connectivity index (χ1n) is 5.24. The fourth-order valence-electron chi connectivity index (χ4n) is 1.56. The lowest BCUT2D eigenvalue weighted by atomic mass is 10.4. The van der Waals surface area contributed by atoms with E-state index in [-0.39, 0.29) is 5.91 Å². The quantitative estimate of drug-likeness (QED) is 0.846. The molecule has 1 aliphatic rings. The topological polar surface area (TPSA) is 54.5 Å². The maximum absolute atomic E-state index is 11.0. The number of nitrogens with zero attached hydrogens (tertiary/aromatic N) is 2. The van der Waals surface area contributed by atoms with E-state index in [0.29, 0.717) is 5.82 Å². The van der Waals surface area contributed by atoms with E-state index in [2.05, 4.69) is 15.2 Å². The van der Waals surface area contributed by atoms with Crippen LogP contribution in [0.25, 0.3) is 0 Å². The lowest BCUT2D eigenvalue weighted by Gasteiger charge is -2.25. The lowest BCUT2D eigenvalue weighted by Crippen LogP contribution is -2.36. The standard InChI is InChI=1S/C10H15N3O2S/c1-7-9(11-8(2)14)12-10(16-7)13-3-5-15-6-4-13/h3-6H2,1-2H3,(H,11,14). The fourth-order valence-corrected chi connectivity index (χ4v) is 2.47. The van der Waals surface area contributed by atoms with Gasteiger partial charge in [-0.05, 0) is 6.92 Å². The van der Waals surface area contributed by atoms with E-state index in [1.165, 1.54) is 6.92 Å². The molecule has 0 radical (unpaired) electrons. The Morgan fingerprint density at radius 2 is 2.19 bits per heavy atom. The number of rotatable bonds is 2. The highest BCUT2D eigenvalue weighted by atomic mass is 32.1. The number of ether oxygens (including phenoxy) is 1. The van der Waals surface area contributed by atoms with Crippen molar-refractivity contribution in [3.63, 3.8) is 0 Å². The Kier molecular flexibility index (Phi) is 3.40. The largest absolute Gasteiger partial charge is 0.378 e. The highest BCUT2D eigenvalue weighted by Gasteiger charge is 2.17. The first-order valence-corrected chi connectivity index (χ1v) is 6.06. The molecule has 0 aromatic carbocycles. The van der Waals surface area contributed by atoms with Gasteiger partial charge in [0.25, 0.3) is 0 Å². The molecule has 88 valence electrons. The molecule has 1 amide bonds. The second-order valence-electron chi connectivity index (χ2n) is 3.68. The zero-order chi connectivity index (χ0) is 11.5. The van der Waals surface area contributed by atoms with Gasteiger partial charge in [-0.3, -0.25) is 4.79 Å². The second-order valence-corrected chi connectivity index (χ2v) is 4.86. The molecule has 2 heterocycles. The van der Waals surface area contributed by atoms with Crippen LogP contribution in [0.3, 0.4) is 0 Å². The molecule has 0 atom stereocenters. The Labute approximate surface area is 98.4 Å². The molecule has 16 heavy (non-hydrogen) atoms. The van der Waals surface area contributed by atoms with E-state index >= 15 is 0 Å². The Morgan fingerprint density at radius 1 is 1.50 bits per heavy atom. The van der Waals surface area contributed by atoms with Crippen LogP contribution >= 0.6 is 11.3 Å². The van der Waals surface area contributed by atoms with Gasteiger partial charge >= 0.3 is 0 Å². The third kappa shape index (κ3) is 2.51. The molecular formula is C10H15N3O2S. The molecule has 1 aliphatic heterocycles. The van der Waals surface area contributed by atoms with E-state index in [0.717, 1.165) is 36.3 Å². The van der Waals surface area contributed by atoms with E-state index in [9.17, 15) is 4.79 Å². The molecule has 2 rings (SSSR count). The molecule has 0 bridgehead atoms. The summed E-state index contributed by atoms with van der Waals surface area (Å²) in [7, 11) is 0. The lowest BCUT2D eigenvalue weighted by molar-refractivity contribution is -0.114. The number of hydrogen-bond acceptors (Lipinski definition) is 5. The number of aromatic nitrogens is 1. The summed E-state index contributed by atoms with van der Waals surface area (Å²) in [5.74, 6) is 0.598. The zero-order valence-corrected chi connectivity index (χ0v) is 10.3. The van der Waals surface area contributed by atoms with Gasteiger partial charge in [-0.1, -0.05) is 11.3 Å². The van der Waals surface area contributed by atoms with Crippen LogP contribution in [0, 0.1) is 6.92 Å². The predicted octanol–water partition coefficient (Wildman–Crippen LogP) is 1.25. The van der Waals surface area contributed by atoms with Crippen molar-refractivity contribution in [3.8, 4) is 0 Å². The maximum atomic E-state index is 11.0. The number of hydrogen-bond donors (Lipinski definition) is 1. The van der Waals surface area contributed by atoms with E-state index in [4.69, 9.17) is 4.74 Å². The number of morpholine rings is 1. The SMILES string of the molecule is CC(=O)Nc1nc(N2CCOCC2)sc1C. The summed E-state index contributed by atoms with van der Waals surface area (Å²) in [5, 5.41) is 3.70. The van der Waals surface area contributed by atoms with Gasteiger partial charge in [0.1, 0.15) is 5.82 Å². The number of amides is 1. The molecule has 0 unspecified atom stereocenters. The van der Waals surface area contributed by atoms with E-state index in [1.807, 2.05) is 6.92 Å². The number of aryl methyl sites for hydroxylation is 1. The van der Waals surface area contributed by atoms with Gasteiger partial charge in [-0.25, -0.2) is 4.98 Å². The molecule has 1 aromatic heterocycles. The van der Waals surface area contributed by atoms with E-state index < -0.39 is 0 Å². The van der Waals surface area contributed by atoms with Crippen molar-refractivity contribution >= 4 is 28.2 Å². The number of anilines is 2. The first kappa shape index (κ1) is 11.3. The van der Waals surface area contributed by atoms with Gasteiger partial charge in [0.2, 0.25) is 5.91 Å². The average molecular weight is 241 g/mol. The first-order chi connectivity index (χ1) is 7.66. The molecule has 0 saturated carbocycles. The molecule has 1 N–H and O–H groups in total. The van der Waals surface area contributed by atoms with Crippen molar-refractivity contribution in [3.05, 3.63) is 4.88 Å². The van der Waals surface area contributed by atoms with Crippen LogP contribution in [0.5, 0.6) is 0 Å². The monoisotopic (exact) mass is 241 g/mol. The molecule has 0 spiro atoms. The van der Waals surface area contributed by atoms with Crippen molar-refractivity contribution in [2.75, 3.05) is 36.5 Å². The Balaban J connectivity index is 2.12. The highest BCUT2D eigenvalue weighted by molar-refractivity contribution is 7.16. The number of thiazole rings is 1. The zero-order valence-electron chi connectivity index (χ0n) is 9.45. The third-order valence-corrected chi connectivity index (χ3v) is 3.39. The molecule has 1 aromatic rings. The number of carbonyl (C=O) groups is 1. The smallest absolute Gasteiger partial charge is 0.222 e. The highest BCUT2D eigenvalue weighted by Crippen LogP contribution is 2.29. The molecule has 5 nitrogen and oxygen atoms in total. The summed E-state index contributed by atoms with van der Waals surface area (Å²) in [6.07, 6.45) is 0.